The number of carbonyl (C=O) groups is 2. The van der Waals surface area contributed by atoms with Crippen LogP contribution in [-0.4, -0.2) is 34.2 Å². The topological polar surface area (TPSA) is 76.0 Å². The van der Waals surface area contributed by atoms with Crippen LogP contribution in [0.2, 0.25) is 0 Å². The lowest BCUT2D eigenvalue weighted by Gasteiger charge is -2.22. The minimum atomic E-state index is -0.500. The van der Waals surface area contributed by atoms with E-state index < -0.39 is 6.04 Å². The number of nitrogens with one attached hydrogen (secondary N) is 2. The minimum Gasteiger partial charge on any atom is -0.354 e. The summed E-state index contributed by atoms with van der Waals surface area (Å²) >= 11 is 0. The normalized spacial score (nSPS) is 16.3. The van der Waals surface area contributed by atoms with Crippen molar-refractivity contribution in [3.05, 3.63) is 77.5 Å². The number of benzene rings is 2. The highest BCUT2D eigenvalue weighted by atomic mass is 16.2. The van der Waals surface area contributed by atoms with E-state index in [0.717, 1.165) is 23.1 Å². The van der Waals surface area contributed by atoms with Gasteiger partial charge in [-0.25, -0.2) is 0 Å². The first-order valence-corrected chi connectivity index (χ1v) is 9.87. The molecule has 0 spiro atoms. The van der Waals surface area contributed by atoms with Crippen LogP contribution in [0.4, 0.5) is 0 Å². The molecular formula is C23H24N4O2. The first-order valence-electron chi connectivity index (χ1n) is 9.87. The van der Waals surface area contributed by atoms with E-state index in [1.54, 1.807) is 10.9 Å². The zero-order valence-corrected chi connectivity index (χ0v) is 16.4. The maximum atomic E-state index is 13.0. The summed E-state index contributed by atoms with van der Waals surface area (Å²) in [6, 6.07) is 17.4. The molecule has 29 heavy (non-hydrogen) atoms. The van der Waals surface area contributed by atoms with Gasteiger partial charge in [0.15, 0.2) is 0 Å². The molecule has 4 rings (SSSR count). The van der Waals surface area contributed by atoms with E-state index in [4.69, 9.17) is 5.10 Å². The van der Waals surface area contributed by atoms with Crippen LogP contribution in [0.25, 0.3) is 11.3 Å². The second kappa shape index (κ2) is 8.31. The molecule has 1 fully saturated rings. The molecule has 0 saturated carbocycles. The van der Waals surface area contributed by atoms with E-state index in [0.29, 0.717) is 30.8 Å². The van der Waals surface area contributed by atoms with Gasteiger partial charge in [0.1, 0.15) is 11.7 Å². The summed E-state index contributed by atoms with van der Waals surface area (Å²) in [5.41, 5.74) is 4.21. The van der Waals surface area contributed by atoms with Crippen molar-refractivity contribution < 1.29 is 9.59 Å². The van der Waals surface area contributed by atoms with Gasteiger partial charge in [0.05, 0.1) is 12.1 Å². The standard InChI is InChI=1S/C23H24N4O2/c1-16-9-11-18(12-10-16)21-19(22(28)25-20-8-5-13-24-23(20)29)15-27(26-21)14-17-6-3-2-4-7-17/h2-4,6-7,9-12,15,20H,5,8,13-14H2,1H3,(H,24,29)(H,25,28). The van der Waals surface area contributed by atoms with Gasteiger partial charge in [-0.1, -0.05) is 60.2 Å². The second-order valence-corrected chi connectivity index (χ2v) is 7.40. The average molecular weight is 388 g/mol. The average Bonchev–Trinajstić information content (AvgIpc) is 3.15. The molecular weight excluding hydrogens is 364 g/mol. The van der Waals surface area contributed by atoms with Gasteiger partial charge >= 0.3 is 0 Å². The van der Waals surface area contributed by atoms with Crippen molar-refractivity contribution >= 4 is 11.8 Å². The molecule has 1 aliphatic rings. The maximum absolute atomic E-state index is 13.0. The molecule has 148 valence electrons. The molecule has 0 bridgehead atoms. The van der Waals surface area contributed by atoms with Crippen molar-refractivity contribution in [2.75, 3.05) is 6.54 Å². The quantitative estimate of drug-likeness (QED) is 0.706. The number of hydrogen-bond acceptors (Lipinski definition) is 3. The van der Waals surface area contributed by atoms with Crippen LogP contribution in [0.3, 0.4) is 0 Å². The molecule has 2 N–H and O–H groups in total. The van der Waals surface area contributed by atoms with Crippen LogP contribution < -0.4 is 10.6 Å². The van der Waals surface area contributed by atoms with Crippen LogP contribution in [0.15, 0.2) is 60.8 Å². The first kappa shape index (κ1) is 18.9. The van der Waals surface area contributed by atoms with Crippen LogP contribution in [-0.2, 0) is 11.3 Å². The highest BCUT2D eigenvalue weighted by molar-refractivity contribution is 6.02. The molecule has 3 aromatic rings. The van der Waals surface area contributed by atoms with E-state index in [-0.39, 0.29) is 11.8 Å². The lowest BCUT2D eigenvalue weighted by atomic mass is 10.0. The Morgan fingerprint density at radius 3 is 2.66 bits per heavy atom. The molecule has 2 amide bonds. The highest BCUT2D eigenvalue weighted by Crippen LogP contribution is 2.23. The summed E-state index contributed by atoms with van der Waals surface area (Å²) in [6.45, 7) is 3.25. The van der Waals surface area contributed by atoms with Gasteiger partial charge in [0, 0.05) is 18.3 Å². The molecule has 1 aliphatic heterocycles. The highest BCUT2D eigenvalue weighted by Gasteiger charge is 2.26. The SMILES string of the molecule is Cc1ccc(-c2nn(Cc3ccccc3)cc2C(=O)NC2CCCNC2=O)cc1. The van der Waals surface area contributed by atoms with Crippen molar-refractivity contribution in [1.29, 1.82) is 0 Å². The summed E-state index contributed by atoms with van der Waals surface area (Å²) in [7, 11) is 0. The summed E-state index contributed by atoms with van der Waals surface area (Å²) < 4.78 is 1.78. The van der Waals surface area contributed by atoms with Crippen LogP contribution in [0, 0.1) is 6.92 Å². The molecule has 0 aliphatic carbocycles. The molecule has 1 aromatic heterocycles. The second-order valence-electron chi connectivity index (χ2n) is 7.40. The third-order valence-corrected chi connectivity index (χ3v) is 5.11. The Hall–Kier alpha value is -3.41. The van der Waals surface area contributed by atoms with Crippen molar-refractivity contribution in [2.24, 2.45) is 0 Å². The van der Waals surface area contributed by atoms with Crippen LogP contribution in [0.1, 0.15) is 34.3 Å². The van der Waals surface area contributed by atoms with Gasteiger partial charge in [-0.05, 0) is 25.3 Å². The van der Waals surface area contributed by atoms with E-state index in [1.807, 2.05) is 61.5 Å². The third-order valence-electron chi connectivity index (χ3n) is 5.11. The van der Waals surface area contributed by atoms with Crippen molar-refractivity contribution in [2.45, 2.75) is 32.4 Å². The predicted molar refractivity (Wildman–Crippen MR) is 111 cm³/mol. The largest absolute Gasteiger partial charge is 0.354 e. The summed E-state index contributed by atoms with van der Waals surface area (Å²) in [4.78, 5) is 25.1. The summed E-state index contributed by atoms with van der Waals surface area (Å²) in [6.07, 6.45) is 3.27. The molecule has 2 aromatic carbocycles. The Kier molecular flexibility index (Phi) is 5.42. The van der Waals surface area contributed by atoms with E-state index >= 15 is 0 Å². The Labute approximate surface area is 169 Å². The number of aryl methyl sites for hydroxylation is 1. The predicted octanol–water partition coefficient (Wildman–Crippen LogP) is 2.92. The molecule has 1 saturated heterocycles. The molecule has 2 heterocycles. The van der Waals surface area contributed by atoms with Gasteiger partial charge < -0.3 is 10.6 Å². The molecule has 6 heteroatoms. The maximum Gasteiger partial charge on any atom is 0.255 e. The monoisotopic (exact) mass is 388 g/mol. The Morgan fingerprint density at radius 2 is 1.93 bits per heavy atom. The van der Waals surface area contributed by atoms with Crippen LogP contribution >= 0.6 is 0 Å². The van der Waals surface area contributed by atoms with Crippen molar-refractivity contribution in [3.63, 3.8) is 0 Å². The van der Waals surface area contributed by atoms with Gasteiger partial charge in [-0.15, -0.1) is 0 Å². The van der Waals surface area contributed by atoms with Crippen molar-refractivity contribution in [3.8, 4) is 11.3 Å². The van der Waals surface area contributed by atoms with E-state index in [9.17, 15) is 9.59 Å². The fraction of sp³-hybridized carbons (Fsp3) is 0.261. The van der Waals surface area contributed by atoms with Gasteiger partial charge in [0.25, 0.3) is 5.91 Å². The lowest BCUT2D eigenvalue weighted by molar-refractivity contribution is -0.124. The zero-order valence-electron chi connectivity index (χ0n) is 16.4. The Morgan fingerprint density at radius 1 is 1.17 bits per heavy atom. The number of carbonyl (C=O) groups excluding carboxylic acids is 2. The fourth-order valence-electron chi connectivity index (χ4n) is 3.51. The van der Waals surface area contributed by atoms with Gasteiger partial charge in [-0.2, -0.15) is 5.10 Å². The Balaban J connectivity index is 1.65. The minimum absolute atomic E-state index is 0.127. The van der Waals surface area contributed by atoms with Crippen LogP contribution in [0.5, 0.6) is 0 Å². The molecule has 1 unspecified atom stereocenters. The lowest BCUT2D eigenvalue weighted by Crippen LogP contribution is -2.50. The number of rotatable bonds is 5. The molecule has 1 atom stereocenters. The molecule has 6 nitrogen and oxygen atoms in total. The van der Waals surface area contributed by atoms with E-state index in [2.05, 4.69) is 10.6 Å². The van der Waals surface area contributed by atoms with Gasteiger partial charge in [0.2, 0.25) is 5.91 Å². The fourth-order valence-corrected chi connectivity index (χ4v) is 3.51. The van der Waals surface area contributed by atoms with E-state index in [1.165, 1.54) is 0 Å². The number of nitrogens with zero attached hydrogens (tertiary/aromatic N) is 2. The number of piperidine rings is 1. The number of amides is 2. The zero-order chi connectivity index (χ0) is 20.2. The third kappa shape index (κ3) is 4.37. The smallest absolute Gasteiger partial charge is 0.255 e. The molecule has 0 radical (unpaired) electrons. The number of aromatic nitrogens is 2. The Bertz CT molecular complexity index is 1010. The first-order chi connectivity index (χ1) is 14.1. The van der Waals surface area contributed by atoms with Crippen molar-refractivity contribution in [1.82, 2.24) is 20.4 Å². The number of hydrogen-bond donors (Lipinski definition) is 2. The summed E-state index contributed by atoms with van der Waals surface area (Å²) in [5.74, 6) is -0.403. The summed E-state index contributed by atoms with van der Waals surface area (Å²) in [5, 5.41) is 10.4. The van der Waals surface area contributed by atoms with Gasteiger partial charge in [-0.3, -0.25) is 14.3 Å².